The van der Waals surface area contributed by atoms with Crippen LogP contribution < -0.4 is 0 Å². The number of hydrogen-bond donors (Lipinski definition) is 0. The molecular weight excluding hydrogens is 191 g/mol. The summed E-state index contributed by atoms with van der Waals surface area (Å²) in [5.74, 6) is 0. The monoisotopic (exact) mass is 205 g/mol. The highest BCUT2D eigenvalue weighted by Gasteiger charge is 2.37. The van der Waals surface area contributed by atoms with Gasteiger partial charge in [-0.1, -0.05) is 20.8 Å². The molecule has 0 amide bonds. The van der Waals surface area contributed by atoms with E-state index in [4.69, 9.17) is 0 Å². The van der Waals surface area contributed by atoms with E-state index in [2.05, 4.69) is 0 Å². The van der Waals surface area contributed by atoms with Crippen molar-refractivity contribution in [2.45, 2.75) is 32.4 Å². The molecule has 0 fully saturated rings. The third-order valence-electron chi connectivity index (χ3n) is 2.07. The third-order valence-corrected chi connectivity index (χ3v) is 2.07. The SMILES string of the molecule is Cn1cc(C(C)(C)C)c(C(F)(F)F)c1. The minimum Gasteiger partial charge on any atom is -0.356 e. The Bertz CT molecular complexity index is 297. The number of aryl methyl sites for hydroxylation is 1. The van der Waals surface area contributed by atoms with Crippen molar-refractivity contribution >= 4 is 0 Å². The smallest absolute Gasteiger partial charge is 0.356 e. The number of rotatable bonds is 0. The van der Waals surface area contributed by atoms with E-state index in [1.54, 1.807) is 27.8 Å². The number of hydrogen-bond acceptors (Lipinski definition) is 0. The molecular formula is C10H14F3N. The van der Waals surface area contributed by atoms with Crippen molar-refractivity contribution in [1.29, 1.82) is 0 Å². The molecule has 14 heavy (non-hydrogen) atoms. The minimum absolute atomic E-state index is 0.340. The van der Waals surface area contributed by atoms with Gasteiger partial charge in [0.25, 0.3) is 0 Å². The molecule has 1 heterocycles. The lowest BCUT2D eigenvalue weighted by Crippen LogP contribution is -2.17. The maximum Gasteiger partial charge on any atom is 0.418 e. The fourth-order valence-corrected chi connectivity index (χ4v) is 1.41. The van der Waals surface area contributed by atoms with Gasteiger partial charge in [0.1, 0.15) is 0 Å². The average molecular weight is 205 g/mol. The van der Waals surface area contributed by atoms with Crippen LogP contribution in [0.25, 0.3) is 0 Å². The van der Waals surface area contributed by atoms with Crippen LogP contribution in [0.2, 0.25) is 0 Å². The summed E-state index contributed by atoms with van der Waals surface area (Å²) in [5, 5.41) is 0. The maximum absolute atomic E-state index is 12.6. The van der Waals surface area contributed by atoms with Crippen LogP contribution in [0.5, 0.6) is 0 Å². The quantitative estimate of drug-likeness (QED) is 0.612. The summed E-state index contributed by atoms with van der Waals surface area (Å²) < 4.78 is 39.2. The summed E-state index contributed by atoms with van der Waals surface area (Å²) in [6.45, 7) is 5.33. The molecule has 0 spiro atoms. The van der Waals surface area contributed by atoms with Gasteiger partial charge in [-0.2, -0.15) is 13.2 Å². The van der Waals surface area contributed by atoms with Crippen molar-refractivity contribution in [1.82, 2.24) is 4.57 Å². The molecule has 4 heteroatoms. The zero-order valence-corrected chi connectivity index (χ0v) is 8.74. The van der Waals surface area contributed by atoms with Gasteiger partial charge in [-0.15, -0.1) is 0 Å². The van der Waals surface area contributed by atoms with Crippen LogP contribution in [0.1, 0.15) is 31.9 Å². The predicted molar refractivity (Wildman–Crippen MR) is 49.1 cm³/mol. The second-order valence-electron chi connectivity index (χ2n) is 4.50. The second-order valence-corrected chi connectivity index (χ2v) is 4.50. The van der Waals surface area contributed by atoms with Gasteiger partial charge < -0.3 is 4.57 Å². The van der Waals surface area contributed by atoms with E-state index in [0.717, 1.165) is 6.20 Å². The summed E-state index contributed by atoms with van der Waals surface area (Å²) in [6.07, 6.45) is -1.60. The van der Waals surface area contributed by atoms with Crippen molar-refractivity contribution in [2.24, 2.45) is 7.05 Å². The summed E-state index contributed by atoms with van der Waals surface area (Å²) in [7, 11) is 1.60. The topological polar surface area (TPSA) is 4.93 Å². The Labute approximate surface area is 81.5 Å². The van der Waals surface area contributed by atoms with Crippen LogP contribution in [0.15, 0.2) is 12.4 Å². The lowest BCUT2D eigenvalue weighted by Gasteiger charge is -2.20. The molecule has 0 unspecified atom stereocenters. The van der Waals surface area contributed by atoms with Gasteiger partial charge in [-0.05, 0) is 11.0 Å². The van der Waals surface area contributed by atoms with Crippen molar-refractivity contribution < 1.29 is 13.2 Å². The Morgan fingerprint density at radius 1 is 1.00 bits per heavy atom. The molecule has 0 aliphatic rings. The Balaban J connectivity index is 3.31. The fourth-order valence-electron chi connectivity index (χ4n) is 1.41. The summed E-state index contributed by atoms with van der Waals surface area (Å²) in [5.41, 5.74) is -0.674. The first-order valence-corrected chi connectivity index (χ1v) is 4.36. The lowest BCUT2D eigenvalue weighted by molar-refractivity contribution is -0.138. The van der Waals surface area contributed by atoms with Crippen LogP contribution in [0.4, 0.5) is 13.2 Å². The maximum atomic E-state index is 12.6. The molecule has 0 atom stereocenters. The van der Waals surface area contributed by atoms with E-state index in [1.807, 2.05) is 0 Å². The molecule has 0 bridgehead atoms. The minimum atomic E-state index is -4.26. The fraction of sp³-hybridized carbons (Fsp3) is 0.600. The number of alkyl halides is 3. The molecule has 0 aliphatic carbocycles. The highest BCUT2D eigenvalue weighted by atomic mass is 19.4. The van der Waals surface area contributed by atoms with Crippen molar-refractivity contribution in [3.8, 4) is 0 Å². The molecule has 0 saturated carbocycles. The number of nitrogens with zero attached hydrogens (tertiary/aromatic N) is 1. The van der Waals surface area contributed by atoms with Gasteiger partial charge in [-0.25, -0.2) is 0 Å². The molecule has 1 nitrogen and oxygen atoms in total. The molecule has 0 radical (unpaired) electrons. The molecule has 0 aromatic carbocycles. The van der Waals surface area contributed by atoms with E-state index >= 15 is 0 Å². The van der Waals surface area contributed by atoms with Crippen LogP contribution >= 0.6 is 0 Å². The highest BCUT2D eigenvalue weighted by Crippen LogP contribution is 2.37. The van der Waals surface area contributed by atoms with Crippen LogP contribution in [0, 0.1) is 0 Å². The molecule has 0 N–H and O–H groups in total. The zero-order valence-electron chi connectivity index (χ0n) is 8.74. The molecule has 0 aliphatic heterocycles. The lowest BCUT2D eigenvalue weighted by atomic mass is 9.86. The summed E-state index contributed by atoms with van der Waals surface area (Å²) >= 11 is 0. The molecule has 1 aromatic rings. The van der Waals surface area contributed by atoms with Crippen LogP contribution in [0.3, 0.4) is 0 Å². The number of aromatic nitrogens is 1. The van der Waals surface area contributed by atoms with Gasteiger partial charge in [0, 0.05) is 19.4 Å². The van der Waals surface area contributed by atoms with E-state index in [-0.39, 0.29) is 0 Å². The highest BCUT2D eigenvalue weighted by molar-refractivity contribution is 5.32. The third kappa shape index (κ3) is 2.11. The van der Waals surface area contributed by atoms with Crippen LogP contribution in [-0.2, 0) is 18.6 Å². The summed E-state index contributed by atoms with van der Waals surface area (Å²) in [4.78, 5) is 0. The Morgan fingerprint density at radius 2 is 1.43 bits per heavy atom. The van der Waals surface area contributed by atoms with Crippen molar-refractivity contribution in [2.75, 3.05) is 0 Å². The first-order valence-electron chi connectivity index (χ1n) is 4.36. The van der Waals surface area contributed by atoms with Crippen molar-refractivity contribution in [3.63, 3.8) is 0 Å². The molecule has 1 rings (SSSR count). The van der Waals surface area contributed by atoms with E-state index in [0.29, 0.717) is 5.56 Å². The summed E-state index contributed by atoms with van der Waals surface area (Å²) in [6, 6.07) is 0. The predicted octanol–water partition coefficient (Wildman–Crippen LogP) is 3.34. The average Bonchev–Trinajstić information content (AvgIpc) is 2.27. The molecule has 0 saturated heterocycles. The van der Waals surface area contributed by atoms with Gasteiger partial charge in [0.05, 0.1) is 5.56 Å². The Morgan fingerprint density at radius 3 is 1.71 bits per heavy atom. The number of halogens is 3. The normalized spacial score (nSPS) is 13.4. The van der Waals surface area contributed by atoms with Gasteiger partial charge in [0.15, 0.2) is 0 Å². The Kier molecular flexibility index (Phi) is 2.42. The van der Waals surface area contributed by atoms with Crippen LogP contribution in [-0.4, -0.2) is 4.57 Å². The van der Waals surface area contributed by atoms with Gasteiger partial charge in [0.2, 0.25) is 0 Å². The first kappa shape index (κ1) is 11.1. The van der Waals surface area contributed by atoms with Gasteiger partial charge in [-0.3, -0.25) is 0 Å². The van der Waals surface area contributed by atoms with Gasteiger partial charge >= 0.3 is 6.18 Å². The van der Waals surface area contributed by atoms with E-state index in [9.17, 15) is 13.2 Å². The molecule has 80 valence electrons. The van der Waals surface area contributed by atoms with Crippen molar-refractivity contribution in [3.05, 3.63) is 23.5 Å². The van der Waals surface area contributed by atoms with E-state index in [1.165, 1.54) is 10.8 Å². The molecule has 1 aromatic heterocycles. The zero-order chi connectivity index (χ0) is 11.1. The Hall–Kier alpha value is -0.930. The standard InChI is InChI=1S/C10H14F3N/c1-9(2,3)7-5-14(4)6-8(7)10(11,12)13/h5-6H,1-4H3. The first-order chi connectivity index (χ1) is 6.12. The largest absolute Gasteiger partial charge is 0.418 e. The second kappa shape index (κ2) is 3.04. The van der Waals surface area contributed by atoms with E-state index < -0.39 is 17.2 Å².